The van der Waals surface area contributed by atoms with E-state index in [0.29, 0.717) is 28.3 Å². The van der Waals surface area contributed by atoms with E-state index < -0.39 is 12.3 Å². The predicted molar refractivity (Wildman–Crippen MR) is 97.8 cm³/mol. The average Bonchev–Trinajstić information content (AvgIpc) is 3.11. The number of hydrogen-bond acceptors (Lipinski definition) is 3. The third-order valence-corrected chi connectivity index (χ3v) is 4.37. The smallest absolute Gasteiger partial charge is 0.280 e. The number of anilines is 1. The van der Waals surface area contributed by atoms with Crippen molar-refractivity contribution in [1.29, 1.82) is 0 Å². The minimum absolute atomic E-state index is 0.211. The third kappa shape index (κ3) is 4.08. The lowest BCUT2D eigenvalue weighted by Gasteiger charge is -2.09. The number of benzene rings is 1. The molecular formula is C19H20F3N5O. The van der Waals surface area contributed by atoms with Gasteiger partial charge in [0.15, 0.2) is 0 Å². The van der Waals surface area contributed by atoms with Crippen LogP contribution in [0.4, 0.5) is 18.9 Å². The standard InChI is InChI=1S/C19H20F3N5O/c1-11-8-16(19(21)22)27(24-11)10-17(28)23-18-12(2)25-26(13(18)3)9-14-6-4-5-7-15(14)20/h4-8,19H,9-10H2,1-3H3,(H,23,28). The number of aryl methyl sites for hydroxylation is 2. The van der Waals surface area contributed by atoms with Gasteiger partial charge < -0.3 is 5.32 Å². The zero-order valence-electron chi connectivity index (χ0n) is 15.7. The van der Waals surface area contributed by atoms with E-state index in [1.165, 1.54) is 12.1 Å². The van der Waals surface area contributed by atoms with E-state index in [0.717, 1.165) is 4.68 Å². The normalized spacial score (nSPS) is 11.2. The van der Waals surface area contributed by atoms with Crippen LogP contribution in [0.5, 0.6) is 0 Å². The molecule has 1 N–H and O–H groups in total. The SMILES string of the molecule is Cc1cc(C(F)F)n(CC(=O)Nc2c(C)nn(Cc3ccccc3F)c2C)n1. The highest BCUT2D eigenvalue weighted by atomic mass is 19.3. The molecule has 1 amide bonds. The molecule has 0 aliphatic carbocycles. The van der Waals surface area contributed by atoms with Crippen LogP contribution in [-0.4, -0.2) is 25.5 Å². The fourth-order valence-electron chi connectivity index (χ4n) is 3.00. The molecule has 0 fully saturated rings. The van der Waals surface area contributed by atoms with Gasteiger partial charge in [0.05, 0.1) is 29.3 Å². The number of carbonyl (C=O) groups is 1. The van der Waals surface area contributed by atoms with Gasteiger partial charge in [-0.1, -0.05) is 18.2 Å². The Hall–Kier alpha value is -3.10. The molecule has 0 aliphatic heterocycles. The summed E-state index contributed by atoms with van der Waals surface area (Å²) in [6.45, 7) is 4.91. The Labute approximate surface area is 160 Å². The number of aromatic nitrogens is 4. The van der Waals surface area contributed by atoms with E-state index >= 15 is 0 Å². The Bertz CT molecular complexity index is 1010. The number of amides is 1. The van der Waals surface area contributed by atoms with E-state index in [1.54, 1.807) is 43.7 Å². The van der Waals surface area contributed by atoms with Crippen molar-refractivity contribution in [2.75, 3.05) is 5.32 Å². The molecular weight excluding hydrogens is 371 g/mol. The number of hydrogen-bond donors (Lipinski definition) is 1. The highest BCUT2D eigenvalue weighted by Gasteiger charge is 2.19. The van der Waals surface area contributed by atoms with Crippen molar-refractivity contribution in [3.8, 4) is 0 Å². The van der Waals surface area contributed by atoms with Gasteiger partial charge in [-0.15, -0.1) is 0 Å². The van der Waals surface area contributed by atoms with Crippen LogP contribution in [0.15, 0.2) is 30.3 Å². The molecule has 9 heteroatoms. The maximum atomic E-state index is 13.9. The van der Waals surface area contributed by atoms with Crippen LogP contribution < -0.4 is 5.32 Å². The number of carbonyl (C=O) groups excluding carboxylic acids is 1. The first-order valence-corrected chi connectivity index (χ1v) is 8.66. The number of alkyl halides is 2. The van der Waals surface area contributed by atoms with Crippen LogP contribution in [0.3, 0.4) is 0 Å². The fourth-order valence-corrected chi connectivity index (χ4v) is 3.00. The zero-order valence-corrected chi connectivity index (χ0v) is 15.7. The number of rotatable bonds is 6. The van der Waals surface area contributed by atoms with Crippen molar-refractivity contribution in [3.05, 3.63) is 64.5 Å². The van der Waals surface area contributed by atoms with Crippen molar-refractivity contribution in [3.63, 3.8) is 0 Å². The molecule has 0 aliphatic rings. The molecule has 0 saturated carbocycles. The molecule has 0 atom stereocenters. The molecule has 0 unspecified atom stereocenters. The van der Waals surface area contributed by atoms with Crippen LogP contribution in [0.2, 0.25) is 0 Å². The van der Waals surface area contributed by atoms with Gasteiger partial charge in [0.2, 0.25) is 5.91 Å². The first-order valence-electron chi connectivity index (χ1n) is 8.66. The van der Waals surface area contributed by atoms with Crippen LogP contribution in [0.25, 0.3) is 0 Å². The molecule has 28 heavy (non-hydrogen) atoms. The number of halogens is 3. The molecule has 0 radical (unpaired) electrons. The summed E-state index contributed by atoms with van der Waals surface area (Å²) in [6, 6.07) is 7.63. The summed E-state index contributed by atoms with van der Waals surface area (Å²) in [7, 11) is 0. The summed E-state index contributed by atoms with van der Waals surface area (Å²) in [5.74, 6) is -0.837. The summed E-state index contributed by atoms with van der Waals surface area (Å²) >= 11 is 0. The molecule has 2 heterocycles. The first kappa shape index (κ1) is 19.7. The lowest BCUT2D eigenvalue weighted by atomic mass is 10.2. The first-order chi connectivity index (χ1) is 13.3. The minimum Gasteiger partial charge on any atom is -0.321 e. The Morgan fingerprint density at radius 3 is 2.54 bits per heavy atom. The number of nitrogens with zero attached hydrogens (tertiary/aromatic N) is 4. The van der Waals surface area contributed by atoms with Crippen LogP contribution in [-0.2, 0) is 17.9 Å². The van der Waals surface area contributed by atoms with Gasteiger partial charge >= 0.3 is 0 Å². The molecule has 2 aromatic heterocycles. The highest BCUT2D eigenvalue weighted by Crippen LogP contribution is 2.22. The fraction of sp³-hybridized carbons (Fsp3) is 0.316. The van der Waals surface area contributed by atoms with E-state index in [-0.39, 0.29) is 24.6 Å². The lowest BCUT2D eigenvalue weighted by molar-refractivity contribution is -0.117. The predicted octanol–water partition coefficient (Wildman–Crippen LogP) is 3.77. The Morgan fingerprint density at radius 2 is 1.86 bits per heavy atom. The maximum Gasteiger partial charge on any atom is 0.280 e. The maximum absolute atomic E-state index is 13.9. The van der Waals surface area contributed by atoms with Gasteiger partial charge in [0.25, 0.3) is 6.43 Å². The largest absolute Gasteiger partial charge is 0.321 e. The van der Waals surface area contributed by atoms with Crippen molar-refractivity contribution in [2.24, 2.45) is 0 Å². The summed E-state index contributed by atoms with van der Waals surface area (Å²) in [6.07, 6.45) is -2.72. The highest BCUT2D eigenvalue weighted by molar-refractivity contribution is 5.91. The van der Waals surface area contributed by atoms with Gasteiger partial charge in [-0.05, 0) is 32.9 Å². The summed E-state index contributed by atoms with van der Waals surface area (Å²) in [5, 5.41) is 11.0. The molecule has 1 aromatic carbocycles. The summed E-state index contributed by atoms with van der Waals surface area (Å²) < 4.78 is 42.6. The van der Waals surface area contributed by atoms with Crippen molar-refractivity contribution >= 4 is 11.6 Å². The Morgan fingerprint density at radius 1 is 1.14 bits per heavy atom. The van der Waals surface area contributed by atoms with E-state index in [2.05, 4.69) is 15.5 Å². The Kier molecular flexibility index (Phi) is 5.53. The van der Waals surface area contributed by atoms with E-state index in [4.69, 9.17) is 0 Å². The van der Waals surface area contributed by atoms with Gasteiger partial charge in [-0.3, -0.25) is 14.2 Å². The topological polar surface area (TPSA) is 64.7 Å². The van der Waals surface area contributed by atoms with Crippen molar-refractivity contribution in [1.82, 2.24) is 19.6 Å². The van der Waals surface area contributed by atoms with Gasteiger partial charge in [-0.2, -0.15) is 10.2 Å². The molecule has 0 saturated heterocycles. The zero-order chi connectivity index (χ0) is 20.4. The summed E-state index contributed by atoms with van der Waals surface area (Å²) in [5.41, 5.74) is 2.24. The Balaban J connectivity index is 1.77. The van der Waals surface area contributed by atoms with Crippen LogP contribution in [0.1, 0.15) is 34.8 Å². The second-order valence-corrected chi connectivity index (χ2v) is 6.51. The molecule has 6 nitrogen and oxygen atoms in total. The van der Waals surface area contributed by atoms with Gasteiger partial charge in [0.1, 0.15) is 18.1 Å². The van der Waals surface area contributed by atoms with E-state index in [9.17, 15) is 18.0 Å². The molecule has 0 spiro atoms. The van der Waals surface area contributed by atoms with Gasteiger partial charge in [-0.25, -0.2) is 13.2 Å². The average molecular weight is 391 g/mol. The molecule has 3 aromatic rings. The molecule has 0 bridgehead atoms. The second kappa shape index (κ2) is 7.87. The third-order valence-electron chi connectivity index (χ3n) is 4.37. The number of nitrogens with one attached hydrogen (secondary N) is 1. The van der Waals surface area contributed by atoms with Crippen LogP contribution >= 0.6 is 0 Å². The van der Waals surface area contributed by atoms with Gasteiger partial charge in [0, 0.05) is 5.56 Å². The van der Waals surface area contributed by atoms with E-state index in [1.807, 2.05) is 0 Å². The molecule has 3 rings (SSSR count). The monoisotopic (exact) mass is 391 g/mol. The van der Waals surface area contributed by atoms with Crippen molar-refractivity contribution in [2.45, 2.75) is 40.3 Å². The summed E-state index contributed by atoms with van der Waals surface area (Å²) in [4.78, 5) is 12.4. The lowest BCUT2D eigenvalue weighted by Crippen LogP contribution is -2.21. The second-order valence-electron chi connectivity index (χ2n) is 6.51. The minimum atomic E-state index is -2.72. The van der Waals surface area contributed by atoms with Crippen LogP contribution in [0, 0.1) is 26.6 Å². The quantitative estimate of drug-likeness (QED) is 0.696. The molecule has 148 valence electrons. The van der Waals surface area contributed by atoms with Crippen molar-refractivity contribution < 1.29 is 18.0 Å².